The zero-order valence-electron chi connectivity index (χ0n) is 38.0. The summed E-state index contributed by atoms with van der Waals surface area (Å²) in [5, 5.41) is 98.6. The van der Waals surface area contributed by atoms with Gasteiger partial charge in [-0.25, -0.2) is 0 Å². The van der Waals surface area contributed by atoms with Crippen LogP contribution in [0.1, 0.15) is 48.2 Å². The number of hydrogen-bond donors (Lipinski definition) is 13. The molecule has 13 atom stereocenters. The van der Waals surface area contributed by atoms with Gasteiger partial charge in [-0.15, -0.1) is 0 Å². The van der Waals surface area contributed by atoms with Gasteiger partial charge in [0, 0.05) is 43.8 Å². The van der Waals surface area contributed by atoms with Crippen LogP contribution in [0.4, 0.5) is 0 Å². The lowest BCUT2D eigenvalue weighted by Gasteiger charge is -2.32. The summed E-state index contributed by atoms with van der Waals surface area (Å²) in [7, 11) is 0. The number of fused-ring (bicyclic) bond motifs is 2. The minimum atomic E-state index is -2.24. The van der Waals surface area contributed by atoms with E-state index in [4.69, 9.17) is 0 Å². The van der Waals surface area contributed by atoms with E-state index in [0.717, 1.165) is 33.4 Å². The smallest absolute Gasteiger partial charge is 0.251 e. The van der Waals surface area contributed by atoms with Crippen LogP contribution >= 0.6 is 0 Å². The third kappa shape index (κ3) is 12.2. The van der Waals surface area contributed by atoms with Gasteiger partial charge in [-0.1, -0.05) is 61.0 Å². The standard InChI is InChI=1S/C47H59N7O15/c1-22-4-8-26(9-5-22)27-10-12-28(13-11-27)40(62)48-31-18-35(60)43(65)52-45(67)38-39(61)23(2)19-54(38)46(68)32(21-55)49-44(66)37(34(59)16-25-6-14-29(57)15-7-25)51-42(64)33-17-30(58)20-53(33)47(69)36(24(3)56)50-41(31)63/h4-15,23-24,30-39,43,55-61,65H,16-21H2,1-3H3,(H,48,62)(H,49,66)(H,50,63)(H,51,64)(H,52,67)/t23-,24+,30+,31-,32-,33-,34+,35+,36-,37-,38-,39-,43+/m0/s1. The van der Waals surface area contributed by atoms with Crippen LogP contribution in [-0.2, 0) is 35.2 Å². The summed E-state index contributed by atoms with van der Waals surface area (Å²) < 4.78 is 0. The van der Waals surface area contributed by atoms with E-state index in [0.29, 0.717) is 5.56 Å². The van der Waals surface area contributed by atoms with E-state index in [1.54, 1.807) is 12.1 Å². The Bertz CT molecular complexity index is 2350. The molecule has 13 N–H and O–H groups in total. The van der Waals surface area contributed by atoms with Gasteiger partial charge in [0.15, 0.2) is 6.23 Å². The van der Waals surface area contributed by atoms with Crippen molar-refractivity contribution in [2.75, 3.05) is 19.7 Å². The third-order valence-electron chi connectivity index (χ3n) is 12.6. The quantitative estimate of drug-likeness (QED) is 0.103. The topological polar surface area (TPSA) is 348 Å². The molecule has 3 fully saturated rings. The molecule has 3 aromatic carbocycles. The summed E-state index contributed by atoms with van der Waals surface area (Å²) in [6.07, 6.45) is -12.4. The molecule has 0 aromatic heterocycles. The normalized spacial score (nSPS) is 29.6. The third-order valence-corrected chi connectivity index (χ3v) is 12.6. The largest absolute Gasteiger partial charge is 0.508 e. The molecule has 0 spiro atoms. The number of nitrogens with zero attached hydrogens (tertiary/aromatic N) is 2. The second-order valence-corrected chi connectivity index (χ2v) is 17.9. The van der Waals surface area contributed by atoms with Crippen molar-refractivity contribution in [3.05, 3.63) is 89.5 Å². The first-order valence-electron chi connectivity index (χ1n) is 22.4. The zero-order valence-corrected chi connectivity index (χ0v) is 38.0. The number of benzene rings is 3. The van der Waals surface area contributed by atoms with Gasteiger partial charge < -0.3 is 77.2 Å². The Hall–Kier alpha value is -6.53. The highest BCUT2D eigenvalue weighted by atomic mass is 16.3. The molecule has 0 aliphatic carbocycles. The lowest BCUT2D eigenvalue weighted by Crippen LogP contribution is -2.63. The molecular formula is C47H59N7O15. The molecule has 0 saturated carbocycles. The van der Waals surface area contributed by atoms with E-state index in [-0.39, 0.29) is 24.3 Å². The average Bonchev–Trinajstić information content (AvgIpc) is 3.86. The highest BCUT2D eigenvalue weighted by Gasteiger charge is 2.49. The molecule has 0 bridgehead atoms. The summed E-state index contributed by atoms with van der Waals surface area (Å²) in [5.74, 6) is -8.74. The molecular weight excluding hydrogens is 903 g/mol. The Morgan fingerprint density at radius 1 is 0.725 bits per heavy atom. The van der Waals surface area contributed by atoms with Gasteiger partial charge in [-0.2, -0.15) is 0 Å². The number of amides is 7. The van der Waals surface area contributed by atoms with Crippen LogP contribution in [0.5, 0.6) is 5.75 Å². The van der Waals surface area contributed by atoms with Crippen molar-refractivity contribution >= 4 is 41.4 Å². The van der Waals surface area contributed by atoms with Crippen LogP contribution in [0.25, 0.3) is 11.1 Å². The monoisotopic (exact) mass is 961 g/mol. The van der Waals surface area contributed by atoms with Gasteiger partial charge in [0.25, 0.3) is 5.91 Å². The second kappa shape index (κ2) is 22.3. The molecule has 0 radical (unpaired) electrons. The van der Waals surface area contributed by atoms with Crippen LogP contribution in [0.15, 0.2) is 72.8 Å². The Morgan fingerprint density at radius 2 is 1.33 bits per heavy atom. The van der Waals surface area contributed by atoms with Gasteiger partial charge in [0.2, 0.25) is 35.4 Å². The first-order valence-corrected chi connectivity index (χ1v) is 22.4. The first-order chi connectivity index (χ1) is 32.7. The van der Waals surface area contributed by atoms with Crippen molar-refractivity contribution in [3.63, 3.8) is 0 Å². The van der Waals surface area contributed by atoms with E-state index in [9.17, 15) is 74.4 Å². The number of carbonyl (C=O) groups is 7. The molecule has 22 heteroatoms. The van der Waals surface area contributed by atoms with E-state index in [1.807, 2.05) is 31.2 Å². The molecule has 6 rings (SSSR count). The van der Waals surface area contributed by atoms with Gasteiger partial charge in [0.05, 0.1) is 31.0 Å². The molecule has 3 aliphatic rings. The minimum Gasteiger partial charge on any atom is -0.508 e. The maximum absolute atomic E-state index is 14.3. The highest BCUT2D eigenvalue weighted by molar-refractivity contribution is 6.00. The van der Waals surface area contributed by atoms with Crippen molar-refractivity contribution < 1.29 is 74.4 Å². The fraction of sp³-hybridized carbons (Fsp3) is 0.468. The maximum Gasteiger partial charge on any atom is 0.251 e. The van der Waals surface area contributed by atoms with Gasteiger partial charge in [-0.05, 0) is 54.8 Å². The Labute approximate surface area is 396 Å². The summed E-state index contributed by atoms with van der Waals surface area (Å²) in [6.45, 7) is 2.61. The van der Waals surface area contributed by atoms with E-state index in [2.05, 4.69) is 26.6 Å². The van der Waals surface area contributed by atoms with Crippen molar-refractivity contribution in [2.24, 2.45) is 5.92 Å². The van der Waals surface area contributed by atoms with Crippen LogP contribution in [0.3, 0.4) is 0 Å². The first kappa shape index (κ1) is 51.9. The number of aliphatic hydroxyl groups is 7. The van der Waals surface area contributed by atoms with Gasteiger partial charge >= 0.3 is 0 Å². The Morgan fingerprint density at radius 3 is 1.94 bits per heavy atom. The number of nitrogens with one attached hydrogen (secondary N) is 5. The molecule has 3 aliphatic heterocycles. The van der Waals surface area contributed by atoms with Crippen LogP contribution in [0, 0.1) is 12.8 Å². The predicted molar refractivity (Wildman–Crippen MR) is 242 cm³/mol. The number of phenolic OH excluding ortho intramolecular Hbond substituents is 1. The number of carbonyl (C=O) groups excluding carboxylic acids is 7. The lowest BCUT2D eigenvalue weighted by molar-refractivity contribution is -0.147. The SMILES string of the molecule is Cc1ccc(-c2ccc(C(=O)N[C@H]3C[C@@H](O)[C@@H](O)NC(=O)[C@@H]4[C@@H](O)[C@@H](C)CN4C(=O)[C@H](CO)NC(=O)[C@H]([C@H](O)Cc4ccc(O)cc4)NC(=O)[C@@H]4C[C@@H](O)CN4C(=O)[C@H]([C@@H](C)O)NC3=O)cc2)cc1. The summed E-state index contributed by atoms with van der Waals surface area (Å²) in [5.41, 5.74) is 3.06. The number of phenols is 1. The van der Waals surface area contributed by atoms with Crippen LogP contribution in [0.2, 0.25) is 0 Å². The minimum absolute atomic E-state index is 0.0437. The molecule has 3 heterocycles. The van der Waals surface area contributed by atoms with Crippen molar-refractivity contribution in [1.29, 1.82) is 0 Å². The van der Waals surface area contributed by atoms with Crippen LogP contribution in [-0.4, -0.2) is 185 Å². The Balaban J connectivity index is 1.36. The molecule has 3 saturated heterocycles. The number of hydrogen-bond acceptors (Lipinski definition) is 15. The van der Waals surface area contributed by atoms with Gasteiger partial charge in [-0.3, -0.25) is 33.6 Å². The summed E-state index contributed by atoms with van der Waals surface area (Å²) in [4.78, 5) is 100. The highest BCUT2D eigenvalue weighted by Crippen LogP contribution is 2.27. The fourth-order valence-electron chi connectivity index (χ4n) is 8.63. The molecule has 0 unspecified atom stereocenters. The number of aryl methyl sites for hydroxylation is 1. The van der Waals surface area contributed by atoms with Gasteiger partial charge in [0.1, 0.15) is 48.1 Å². The van der Waals surface area contributed by atoms with Crippen molar-refractivity contribution in [1.82, 2.24) is 36.4 Å². The molecule has 3 aromatic rings. The molecule has 7 amide bonds. The van der Waals surface area contributed by atoms with Crippen molar-refractivity contribution in [3.8, 4) is 16.9 Å². The second-order valence-electron chi connectivity index (χ2n) is 17.9. The molecule has 69 heavy (non-hydrogen) atoms. The number of aliphatic hydroxyl groups excluding tert-OH is 7. The van der Waals surface area contributed by atoms with Crippen molar-refractivity contribution in [2.45, 2.75) is 113 Å². The number of aromatic hydroxyl groups is 1. The summed E-state index contributed by atoms with van der Waals surface area (Å²) in [6, 6.07) is 8.37. The Kier molecular flexibility index (Phi) is 16.7. The van der Waals surface area contributed by atoms with E-state index < -0.39 is 146 Å². The average molecular weight is 962 g/mol. The van der Waals surface area contributed by atoms with Crippen LogP contribution < -0.4 is 26.6 Å². The fourth-order valence-corrected chi connectivity index (χ4v) is 8.63. The summed E-state index contributed by atoms with van der Waals surface area (Å²) >= 11 is 0. The zero-order chi connectivity index (χ0) is 50.4. The van der Waals surface area contributed by atoms with E-state index in [1.165, 1.54) is 43.3 Å². The number of rotatable bonds is 8. The van der Waals surface area contributed by atoms with E-state index >= 15 is 0 Å². The molecule has 22 nitrogen and oxygen atoms in total. The lowest BCUT2D eigenvalue weighted by atomic mass is 10.00. The predicted octanol–water partition coefficient (Wildman–Crippen LogP) is -3.73. The molecule has 372 valence electrons. The maximum atomic E-state index is 14.3.